The van der Waals surface area contributed by atoms with Gasteiger partial charge in [-0.05, 0) is 56.3 Å². The van der Waals surface area contributed by atoms with Crippen LogP contribution in [0.15, 0.2) is 44.8 Å². The normalized spacial score (nSPS) is 16.2. The molecular weight excluding hydrogens is 474 g/mol. The first-order valence-electron chi connectivity index (χ1n) is 10.1. The van der Waals surface area contributed by atoms with Crippen LogP contribution in [0, 0.1) is 5.92 Å². The lowest BCUT2D eigenvalue weighted by Gasteiger charge is -2.30. The van der Waals surface area contributed by atoms with E-state index in [0.29, 0.717) is 18.6 Å². The van der Waals surface area contributed by atoms with Crippen molar-refractivity contribution < 1.29 is 26.4 Å². The molecule has 1 fully saturated rings. The molecule has 0 atom stereocenters. The zero-order valence-electron chi connectivity index (χ0n) is 18.1. The highest BCUT2D eigenvalue weighted by molar-refractivity contribution is 7.91. The number of hydrogen-bond acceptors (Lipinski definition) is 7. The maximum atomic E-state index is 12.9. The fourth-order valence-corrected chi connectivity index (χ4v) is 7.35. The Labute approximate surface area is 192 Å². The zero-order chi connectivity index (χ0) is 23.5. The van der Waals surface area contributed by atoms with E-state index in [1.165, 1.54) is 41.0 Å². The van der Waals surface area contributed by atoms with Gasteiger partial charge in [-0.2, -0.15) is 4.31 Å². The first-order chi connectivity index (χ1) is 15.0. The summed E-state index contributed by atoms with van der Waals surface area (Å²) in [4.78, 5) is 12.9. The van der Waals surface area contributed by atoms with Gasteiger partial charge in [0.15, 0.2) is 0 Å². The first kappa shape index (κ1) is 24.6. The topological polar surface area (TPSA) is 122 Å². The number of nitrogens with one attached hydrogen (secondary N) is 2. The largest absolute Gasteiger partial charge is 0.495 e. The first-order valence-corrected chi connectivity index (χ1v) is 13.9. The quantitative estimate of drug-likeness (QED) is 0.573. The molecule has 0 bridgehead atoms. The Balaban J connectivity index is 1.70. The Morgan fingerprint density at radius 3 is 2.41 bits per heavy atom. The second-order valence-electron chi connectivity index (χ2n) is 7.74. The van der Waals surface area contributed by atoms with E-state index in [0.717, 1.165) is 0 Å². The van der Waals surface area contributed by atoms with Crippen LogP contribution >= 0.6 is 11.3 Å². The van der Waals surface area contributed by atoms with Gasteiger partial charge in [-0.25, -0.2) is 21.6 Å². The molecule has 0 spiro atoms. The summed E-state index contributed by atoms with van der Waals surface area (Å²) in [6, 6.07) is 7.23. The number of rotatable bonds is 8. The van der Waals surface area contributed by atoms with Crippen molar-refractivity contribution >= 4 is 43.0 Å². The Hall–Kier alpha value is -1.99. The average molecular weight is 502 g/mol. The summed E-state index contributed by atoms with van der Waals surface area (Å²) >= 11 is 1.17. The monoisotopic (exact) mass is 501 g/mol. The van der Waals surface area contributed by atoms with Gasteiger partial charge in [0.05, 0.1) is 17.7 Å². The fourth-order valence-electron chi connectivity index (χ4n) is 3.46. The maximum Gasteiger partial charge on any atom is 0.252 e. The Morgan fingerprint density at radius 1 is 1.16 bits per heavy atom. The summed E-state index contributed by atoms with van der Waals surface area (Å²) in [5, 5.41) is 4.47. The van der Waals surface area contributed by atoms with Crippen LogP contribution in [0.25, 0.3) is 0 Å². The highest BCUT2D eigenvalue weighted by atomic mass is 32.2. The predicted octanol–water partition coefficient (Wildman–Crippen LogP) is 2.48. The number of benzene rings is 1. The maximum absolute atomic E-state index is 12.9. The van der Waals surface area contributed by atoms with Crippen molar-refractivity contribution in [2.75, 3.05) is 25.5 Å². The number of piperidine rings is 1. The molecular formula is C20H27N3O6S3. The zero-order valence-corrected chi connectivity index (χ0v) is 20.5. The highest BCUT2D eigenvalue weighted by Crippen LogP contribution is 2.30. The van der Waals surface area contributed by atoms with E-state index in [2.05, 4.69) is 10.0 Å². The lowest BCUT2D eigenvalue weighted by atomic mass is 9.97. The summed E-state index contributed by atoms with van der Waals surface area (Å²) in [6.07, 6.45) is 0.733. The van der Waals surface area contributed by atoms with Gasteiger partial charge >= 0.3 is 0 Å². The third-order valence-electron chi connectivity index (χ3n) is 5.04. The van der Waals surface area contributed by atoms with Gasteiger partial charge in [-0.1, -0.05) is 6.07 Å². The molecule has 1 amide bonds. The number of sulfonamides is 2. The molecule has 1 aliphatic heterocycles. The minimum Gasteiger partial charge on any atom is -0.495 e. The summed E-state index contributed by atoms with van der Waals surface area (Å²) < 4.78 is 59.8. The summed E-state index contributed by atoms with van der Waals surface area (Å²) in [5.41, 5.74) is 0.248. The summed E-state index contributed by atoms with van der Waals surface area (Å²) in [6.45, 7) is 3.91. The second-order valence-corrected chi connectivity index (χ2v) is 12.6. The lowest BCUT2D eigenvalue weighted by molar-refractivity contribution is -0.120. The van der Waals surface area contributed by atoms with Gasteiger partial charge in [-0.3, -0.25) is 4.79 Å². The minimum atomic E-state index is -3.74. The van der Waals surface area contributed by atoms with Crippen molar-refractivity contribution in [2.45, 2.75) is 41.8 Å². The molecule has 3 rings (SSSR count). The summed E-state index contributed by atoms with van der Waals surface area (Å²) in [5.74, 6) is -0.370. The molecule has 176 valence electrons. The molecule has 0 unspecified atom stereocenters. The van der Waals surface area contributed by atoms with Crippen LogP contribution in [-0.4, -0.2) is 53.3 Å². The van der Waals surface area contributed by atoms with E-state index in [9.17, 15) is 21.6 Å². The van der Waals surface area contributed by atoms with E-state index in [1.807, 2.05) is 0 Å². The smallest absolute Gasteiger partial charge is 0.252 e. The number of carbonyl (C=O) groups is 1. The van der Waals surface area contributed by atoms with E-state index in [1.54, 1.807) is 31.4 Å². The molecule has 2 heterocycles. The molecule has 32 heavy (non-hydrogen) atoms. The van der Waals surface area contributed by atoms with Crippen molar-refractivity contribution in [1.82, 2.24) is 9.03 Å². The molecule has 1 aliphatic rings. The molecule has 1 aromatic carbocycles. The molecule has 0 radical (unpaired) electrons. The molecule has 1 saturated heterocycles. The predicted molar refractivity (Wildman–Crippen MR) is 123 cm³/mol. The van der Waals surface area contributed by atoms with Crippen molar-refractivity contribution in [2.24, 2.45) is 5.92 Å². The number of thiophene rings is 1. The van der Waals surface area contributed by atoms with Crippen molar-refractivity contribution in [1.29, 1.82) is 0 Å². The van der Waals surface area contributed by atoms with Crippen LogP contribution in [0.4, 0.5) is 5.69 Å². The fraction of sp³-hybridized carbons (Fsp3) is 0.450. The number of anilines is 1. The van der Waals surface area contributed by atoms with E-state index >= 15 is 0 Å². The Bertz CT molecular complexity index is 1150. The van der Waals surface area contributed by atoms with Gasteiger partial charge < -0.3 is 10.1 Å². The van der Waals surface area contributed by atoms with Crippen molar-refractivity contribution in [3.05, 3.63) is 35.7 Å². The van der Waals surface area contributed by atoms with Gasteiger partial charge in [0.1, 0.15) is 9.96 Å². The van der Waals surface area contributed by atoms with Crippen LogP contribution in [0.2, 0.25) is 0 Å². The van der Waals surface area contributed by atoms with Gasteiger partial charge in [0, 0.05) is 25.0 Å². The van der Waals surface area contributed by atoms with Crippen LogP contribution in [-0.2, 0) is 24.8 Å². The Kier molecular flexibility index (Phi) is 7.61. The third-order valence-corrected chi connectivity index (χ3v) is 9.97. The van der Waals surface area contributed by atoms with E-state index in [4.69, 9.17) is 4.74 Å². The van der Waals surface area contributed by atoms with E-state index < -0.39 is 26.0 Å². The number of methoxy groups -OCH3 is 1. The molecule has 12 heteroatoms. The molecule has 2 aromatic rings. The number of nitrogens with zero attached hydrogens (tertiary/aromatic N) is 1. The lowest BCUT2D eigenvalue weighted by Crippen LogP contribution is -2.41. The van der Waals surface area contributed by atoms with Crippen molar-refractivity contribution in [3.63, 3.8) is 0 Å². The number of carbonyl (C=O) groups excluding carboxylic acids is 1. The molecule has 0 aliphatic carbocycles. The molecule has 1 aromatic heterocycles. The third kappa shape index (κ3) is 5.49. The van der Waals surface area contributed by atoms with Gasteiger partial charge in [0.2, 0.25) is 15.9 Å². The number of amides is 1. The van der Waals surface area contributed by atoms with Crippen molar-refractivity contribution in [3.8, 4) is 5.75 Å². The van der Waals surface area contributed by atoms with Gasteiger partial charge in [-0.15, -0.1) is 11.3 Å². The number of hydrogen-bond donors (Lipinski definition) is 2. The summed E-state index contributed by atoms with van der Waals surface area (Å²) in [7, 11) is -5.86. The molecule has 2 N–H and O–H groups in total. The standard InChI is InChI=1S/C20H27N3O6S3/c1-14(2)22-31(25,26)16-6-7-18(29-3)17(13-16)21-20(24)15-8-10-23(11-9-15)32(27,28)19-5-4-12-30-19/h4-7,12-15,22H,8-11H2,1-3H3,(H,21,24). The second kappa shape index (κ2) is 9.87. The van der Waals surface area contributed by atoms with Crippen LogP contribution in [0.1, 0.15) is 26.7 Å². The SMILES string of the molecule is COc1ccc(S(=O)(=O)NC(C)C)cc1NC(=O)C1CCN(S(=O)(=O)c2cccs2)CC1. The minimum absolute atomic E-state index is 0.0131. The Morgan fingerprint density at radius 2 is 1.84 bits per heavy atom. The molecule has 0 saturated carbocycles. The number of ether oxygens (including phenoxy) is 1. The van der Waals surface area contributed by atoms with Crippen LogP contribution in [0.5, 0.6) is 5.75 Å². The highest BCUT2D eigenvalue weighted by Gasteiger charge is 2.33. The molecule has 9 nitrogen and oxygen atoms in total. The van der Waals surface area contributed by atoms with Crippen LogP contribution in [0.3, 0.4) is 0 Å². The average Bonchev–Trinajstić information content (AvgIpc) is 3.29. The van der Waals surface area contributed by atoms with E-state index in [-0.39, 0.29) is 39.8 Å². The van der Waals surface area contributed by atoms with Gasteiger partial charge in [0.25, 0.3) is 10.0 Å². The van der Waals surface area contributed by atoms with Crippen LogP contribution < -0.4 is 14.8 Å².